The van der Waals surface area contributed by atoms with E-state index in [2.05, 4.69) is 10.3 Å². The van der Waals surface area contributed by atoms with Crippen LogP contribution in [0.4, 0.5) is 0 Å². The molecule has 1 heterocycles. The van der Waals surface area contributed by atoms with Crippen LogP contribution < -0.4 is 0 Å². The van der Waals surface area contributed by atoms with Gasteiger partial charge in [-0.3, -0.25) is 4.68 Å². The van der Waals surface area contributed by atoms with Crippen LogP contribution in [0.25, 0.3) is 0 Å². The van der Waals surface area contributed by atoms with Gasteiger partial charge in [-0.1, -0.05) is 5.21 Å². The molecule has 0 radical (unpaired) electrons. The van der Waals surface area contributed by atoms with Crippen molar-refractivity contribution in [2.24, 2.45) is 0 Å². The van der Waals surface area contributed by atoms with Gasteiger partial charge < -0.3 is 14.9 Å². The summed E-state index contributed by atoms with van der Waals surface area (Å²) < 4.78 is 13.8. The third-order valence-corrected chi connectivity index (χ3v) is 1.62. The number of ether oxygens (including phenoxy) is 1. The number of aromatic nitrogens is 3. The SMILES string of the molecule is [2H]c1cn(CCCOCC(O)CO)nn1. The van der Waals surface area contributed by atoms with E-state index in [1.54, 1.807) is 4.68 Å². The lowest BCUT2D eigenvalue weighted by molar-refractivity contribution is 0.00480. The quantitative estimate of drug-likeness (QED) is 0.556. The number of aliphatic hydroxyl groups excluding tert-OH is 2. The summed E-state index contributed by atoms with van der Waals surface area (Å²) in [6.45, 7) is 0.953. The van der Waals surface area contributed by atoms with E-state index in [1.165, 1.54) is 6.20 Å². The average Bonchev–Trinajstić information content (AvgIpc) is 2.63. The first kappa shape index (κ1) is 9.57. The molecule has 0 aliphatic carbocycles. The van der Waals surface area contributed by atoms with Crippen molar-refractivity contribution in [3.05, 3.63) is 12.4 Å². The van der Waals surface area contributed by atoms with Gasteiger partial charge in [0.25, 0.3) is 0 Å². The largest absolute Gasteiger partial charge is 0.394 e. The molecule has 1 aromatic heterocycles. The first-order chi connectivity index (χ1) is 7.22. The zero-order valence-corrected chi connectivity index (χ0v) is 7.83. The normalized spacial score (nSPS) is 14.0. The highest BCUT2D eigenvalue weighted by atomic mass is 16.5. The maximum atomic E-state index is 8.95. The Hall–Kier alpha value is -0.980. The van der Waals surface area contributed by atoms with Gasteiger partial charge >= 0.3 is 0 Å². The summed E-state index contributed by atoms with van der Waals surface area (Å²) in [5.74, 6) is 0. The van der Waals surface area contributed by atoms with Crippen molar-refractivity contribution in [1.29, 1.82) is 0 Å². The fraction of sp³-hybridized carbons (Fsp3) is 0.750. The van der Waals surface area contributed by atoms with Gasteiger partial charge in [0, 0.05) is 19.3 Å². The number of hydrogen-bond acceptors (Lipinski definition) is 5. The number of rotatable bonds is 7. The lowest BCUT2D eigenvalue weighted by atomic mass is 10.4. The Bertz CT molecular complexity index is 282. The maximum absolute atomic E-state index is 8.95. The molecule has 0 aliphatic heterocycles. The van der Waals surface area contributed by atoms with E-state index in [9.17, 15) is 0 Å². The van der Waals surface area contributed by atoms with Crippen LogP contribution in [-0.4, -0.2) is 51.1 Å². The van der Waals surface area contributed by atoms with Gasteiger partial charge in [-0.05, 0) is 6.42 Å². The summed E-state index contributed by atoms with van der Waals surface area (Å²) in [5, 5.41) is 24.7. The molecule has 0 saturated carbocycles. The van der Waals surface area contributed by atoms with Crippen molar-refractivity contribution in [3.63, 3.8) is 0 Å². The van der Waals surface area contributed by atoms with E-state index in [1.807, 2.05) is 0 Å². The third kappa shape index (κ3) is 4.31. The molecule has 1 aromatic rings. The molecule has 6 nitrogen and oxygen atoms in total. The molecule has 0 aliphatic rings. The molecule has 1 rings (SSSR count). The zero-order chi connectivity index (χ0) is 11.1. The lowest BCUT2D eigenvalue weighted by Gasteiger charge is -2.07. The van der Waals surface area contributed by atoms with Gasteiger partial charge in [0.05, 0.1) is 20.8 Å². The molecule has 80 valence electrons. The minimum absolute atomic E-state index is 0.136. The highest BCUT2D eigenvalue weighted by Crippen LogP contribution is 1.90. The van der Waals surface area contributed by atoms with E-state index >= 15 is 0 Å². The van der Waals surface area contributed by atoms with Crippen LogP contribution in [0.1, 0.15) is 7.79 Å². The van der Waals surface area contributed by atoms with Crippen LogP contribution in [-0.2, 0) is 11.3 Å². The molecule has 0 spiro atoms. The molecule has 0 saturated heterocycles. The first-order valence-electron chi connectivity index (χ1n) is 4.95. The van der Waals surface area contributed by atoms with Crippen LogP contribution >= 0.6 is 0 Å². The van der Waals surface area contributed by atoms with Crippen molar-refractivity contribution in [1.82, 2.24) is 15.0 Å². The fourth-order valence-electron chi connectivity index (χ4n) is 0.912. The van der Waals surface area contributed by atoms with Crippen LogP contribution in [0.2, 0.25) is 0 Å². The fourth-order valence-corrected chi connectivity index (χ4v) is 0.912. The summed E-state index contributed by atoms with van der Waals surface area (Å²) in [7, 11) is 0. The predicted molar refractivity (Wildman–Crippen MR) is 48.6 cm³/mol. The Balaban J connectivity index is 2.02. The van der Waals surface area contributed by atoms with Gasteiger partial charge in [0.15, 0.2) is 0 Å². The Morgan fingerprint density at radius 1 is 1.64 bits per heavy atom. The summed E-state index contributed by atoms with van der Waals surface area (Å²) in [4.78, 5) is 0. The van der Waals surface area contributed by atoms with Gasteiger partial charge in [-0.2, -0.15) is 0 Å². The predicted octanol–water partition coefficient (Wildman–Crippen LogP) is -0.962. The average molecular weight is 202 g/mol. The Labute approximate surface area is 83.5 Å². The molecular weight excluding hydrogens is 186 g/mol. The minimum Gasteiger partial charge on any atom is -0.394 e. The monoisotopic (exact) mass is 202 g/mol. The lowest BCUT2D eigenvalue weighted by Crippen LogP contribution is -2.20. The van der Waals surface area contributed by atoms with Crippen LogP contribution in [0, 0.1) is 0 Å². The zero-order valence-electron chi connectivity index (χ0n) is 8.83. The Morgan fingerprint density at radius 3 is 3.14 bits per heavy atom. The van der Waals surface area contributed by atoms with Gasteiger partial charge in [-0.25, -0.2) is 0 Å². The smallest absolute Gasteiger partial charge is 0.100 e. The number of aliphatic hydroxyl groups is 2. The second kappa shape index (κ2) is 6.47. The van der Waals surface area contributed by atoms with Crippen molar-refractivity contribution in [2.45, 2.75) is 19.1 Å². The van der Waals surface area contributed by atoms with E-state index in [4.69, 9.17) is 16.3 Å². The Morgan fingerprint density at radius 2 is 2.50 bits per heavy atom. The topological polar surface area (TPSA) is 80.4 Å². The van der Waals surface area contributed by atoms with E-state index in [0.29, 0.717) is 13.2 Å². The van der Waals surface area contributed by atoms with Crippen molar-refractivity contribution >= 4 is 0 Å². The van der Waals surface area contributed by atoms with Crippen LogP contribution in [0.15, 0.2) is 12.4 Å². The summed E-state index contributed by atoms with van der Waals surface area (Å²) in [6, 6.07) is 0. The van der Waals surface area contributed by atoms with Crippen LogP contribution in [0.5, 0.6) is 0 Å². The first-order valence-corrected chi connectivity index (χ1v) is 4.45. The number of aryl methyl sites for hydroxylation is 1. The number of nitrogens with zero attached hydrogens (tertiary/aromatic N) is 3. The molecule has 2 N–H and O–H groups in total. The van der Waals surface area contributed by atoms with E-state index < -0.39 is 6.10 Å². The standard InChI is InChI=1S/C8H15N3O3/c12-6-8(13)7-14-5-1-3-11-4-2-9-10-11/h2,4,8,12-13H,1,3,5-7H2/i2D. The van der Waals surface area contributed by atoms with Gasteiger partial charge in [-0.15, -0.1) is 5.10 Å². The second-order valence-corrected chi connectivity index (χ2v) is 2.88. The van der Waals surface area contributed by atoms with E-state index in [0.717, 1.165) is 6.42 Å². The second-order valence-electron chi connectivity index (χ2n) is 2.88. The van der Waals surface area contributed by atoms with Gasteiger partial charge in [0.2, 0.25) is 0 Å². The molecular formula is C8H15N3O3. The molecule has 0 amide bonds. The van der Waals surface area contributed by atoms with Crippen LogP contribution in [0.3, 0.4) is 0 Å². The molecule has 0 aromatic carbocycles. The maximum Gasteiger partial charge on any atom is 0.100 e. The highest BCUT2D eigenvalue weighted by Gasteiger charge is 2.00. The molecule has 1 atom stereocenters. The Kier molecular flexibility index (Phi) is 4.42. The van der Waals surface area contributed by atoms with Crippen molar-refractivity contribution in [2.75, 3.05) is 19.8 Å². The highest BCUT2D eigenvalue weighted by molar-refractivity contribution is 4.63. The molecule has 1 unspecified atom stereocenters. The molecule has 0 fully saturated rings. The minimum atomic E-state index is -0.809. The van der Waals surface area contributed by atoms with Gasteiger partial charge in [0.1, 0.15) is 6.10 Å². The summed E-state index contributed by atoms with van der Waals surface area (Å²) >= 11 is 0. The van der Waals surface area contributed by atoms with E-state index in [-0.39, 0.29) is 19.4 Å². The number of hydrogen-bond donors (Lipinski definition) is 2. The third-order valence-electron chi connectivity index (χ3n) is 1.62. The summed E-state index contributed by atoms with van der Waals surface area (Å²) in [5.41, 5.74) is 0. The molecule has 6 heteroatoms. The van der Waals surface area contributed by atoms with Crippen molar-refractivity contribution in [3.8, 4) is 0 Å². The molecule has 0 bridgehead atoms. The summed E-state index contributed by atoms with van der Waals surface area (Å²) in [6.07, 6.45) is 1.59. The molecule has 14 heavy (non-hydrogen) atoms. The van der Waals surface area contributed by atoms with Crippen molar-refractivity contribution < 1.29 is 16.3 Å².